The Hall–Kier alpha value is -3.44. The van der Waals surface area contributed by atoms with E-state index in [-0.39, 0.29) is 34.1 Å². The van der Waals surface area contributed by atoms with Crippen molar-refractivity contribution in [2.45, 2.75) is 49.1 Å². The normalized spacial score (nSPS) is 37.7. The Labute approximate surface area is 248 Å². The van der Waals surface area contributed by atoms with E-state index < -0.39 is 83.5 Å². The number of imidazole rings is 2. The van der Waals surface area contributed by atoms with Crippen molar-refractivity contribution < 1.29 is 56.7 Å². The number of hydrogen-bond donors (Lipinski definition) is 6. The maximum Gasteiger partial charge on any atom is 0.472 e. The third-order valence-corrected chi connectivity index (χ3v) is 9.26. The smallest absolute Gasteiger partial charge is 0.472 e. The largest absolute Gasteiger partial charge is 0.756 e. The second-order valence-electron chi connectivity index (χ2n) is 10.1. The van der Waals surface area contributed by atoms with Gasteiger partial charge in [0.15, 0.2) is 35.1 Å². The predicted molar refractivity (Wildman–Crippen MR) is 141 cm³/mol. The summed E-state index contributed by atoms with van der Waals surface area (Å²) in [5, 5.41) is 22.1. The zero-order chi connectivity index (χ0) is 31.8. The summed E-state index contributed by atoms with van der Waals surface area (Å²) in [6.07, 6.45) is -9.53. The highest BCUT2D eigenvalue weighted by Crippen LogP contribution is 2.52. The van der Waals surface area contributed by atoms with E-state index in [1.54, 1.807) is 0 Å². The number of aliphatic hydroxyl groups excluding tert-OH is 2. The summed E-state index contributed by atoms with van der Waals surface area (Å²) in [5.74, 6) is -0.268. The number of anilines is 2. The molecule has 4 aromatic heterocycles. The van der Waals surface area contributed by atoms with Gasteiger partial charge in [0.1, 0.15) is 48.5 Å². The monoisotopic (exact) mass is 673 g/mol. The highest BCUT2D eigenvalue weighted by Gasteiger charge is 2.53. The first-order valence-corrected chi connectivity index (χ1v) is 15.9. The van der Waals surface area contributed by atoms with Crippen molar-refractivity contribution in [1.29, 1.82) is 0 Å². The minimum absolute atomic E-state index is 0.0243. The van der Waals surface area contributed by atoms with Crippen molar-refractivity contribution in [1.82, 2.24) is 39.0 Å². The molecule has 0 aromatic carbocycles. The fraction of sp³-hybridized carbons (Fsp3) is 0.500. The molecule has 10 atom stereocenters. The SMILES string of the molecule is Nc1nc2c(ncn2[C@@H]2O[C@@H]3COP(=O)([O-])O[C@H]4[C@@H](O)[C@H](n5cnc6c(N)ncnc65)O[C@@H]4COP(=O)(O)O[C@@H]2[C@@H]3O)c(=O)[nH]1. The van der Waals surface area contributed by atoms with Crippen LogP contribution >= 0.6 is 15.6 Å². The van der Waals surface area contributed by atoms with Gasteiger partial charge in [0.25, 0.3) is 13.4 Å². The summed E-state index contributed by atoms with van der Waals surface area (Å²) in [7, 11) is -10.4. The molecule has 23 nitrogen and oxygen atoms in total. The quantitative estimate of drug-likeness (QED) is 0.116. The van der Waals surface area contributed by atoms with Crippen molar-refractivity contribution in [3.8, 4) is 0 Å². The Morgan fingerprint density at radius 3 is 2.36 bits per heavy atom. The first kappa shape index (κ1) is 30.2. The number of nitrogens with zero attached hydrogens (tertiary/aromatic N) is 7. The summed E-state index contributed by atoms with van der Waals surface area (Å²) in [4.78, 5) is 58.1. The minimum atomic E-state index is -5.31. The average molecular weight is 673 g/mol. The van der Waals surface area contributed by atoms with Crippen molar-refractivity contribution in [3.63, 3.8) is 0 Å². The number of phosphoric ester groups is 2. The van der Waals surface area contributed by atoms with E-state index >= 15 is 0 Å². The van der Waals surface area contributed by atoms with Crippen molar-refractivity contribution in [2.24, 2.45) is 0 Å². The maximum absolute atomic E-state index is 13.2. The summed E-state index contributed by atoms with van der Waals surface area (Å²) in [6.45, 7) is -1.74. The molecule has 25 heteroatoms. The zero-order valence-electron chi connectivity index (χ0n) is 22.4. The fourth-order valence-electron chi connectivity index (χ4n) is 5.29. The molecule has 3 fully saturated rings. The van der Waals surface area contributed by atoms with Crippen molar-refractivity contribution in [3.05, 3.63) is 29.3 Å². The minimum Gasteiger partial charge on any atom is -0.756 e. The van der Waals surface area contributed by atoms with Crippen LogP contribution in [0.1, 0.15) is 12.5 Å². The summed E-state index contributed by atoms with van der Waals surface area (Å²) in [5.41, 5.74) is 10.7. The lowest BCUT2D eigenvalue weighted by atomic mass is 10.1. The first-order valence-electron chi connectivity index (χ1n) is 12.9. The van der Waals surface area contributed by atoms with Crippen LogP contribution in [-0.2, 0) is 36.7 Å². The zero-order valence-corrected chi connectivity index (χ0v) is 24.2. The van der Waals surface area contributed by atoms with Gasteiger partial charge in [-0.1, -0.05) is 0 Å². The van der Waals surface area contributed by atoms with Crippen LogP contribution in [0.3, 0.4) is 0 Å². The molecule has 3 aliphatic heterocycles. The lowest BCUT2D eigenvalue weighted by Crippen LogP contribution is -2.37. The van der Waals surface area contributed by atoms with Crippen molar-refractivity contribution >= 4 is 49.7 Å². The molecule has 0 aliphatic carbocycles. The van der Waals surface area contributed by atoms with Gasteiger partial charge in [-0.2, -0.15) is 4.98 Å². The summed E-state index contributed by atoms with van der Waals surface area (Å²) >= 11 is 0. The highest BCUT2D eigenvalue weighted by atomic mass is 31.2. The molecule has 2 unspecified atom stereocenters. The Kier molecular flexibility index (Phi) is 7.27. The van der Waals surface area contributed by atoms with Crippen LogP contribution in [0.25, 0.3) is 22.3 Å². The van der Waals surface area contributed by atoms with Crippen LogP contribution in [0, 0.1) is 0 Å². The van der Waals surface area contributed by atoms with E-state index in [9.17, 15) is 33.9 Å². The van der Waals surface area contributed by atoms with Crippen molar-refractivity contribution in [2.75, 3.05) is 24.7 Å². The van der Waals surface area contributed by atoms with E-state index in [2.05, 4.69) is 29.9 Å². The van der Waals surface area contributed by atoms with Gasteiger partial charge in [-0.25, -0.2) is 24.5 Å². The van der Waals surface area contributed by atoms with E-state index in [0.29, 0.717) is 0 Å². The molecule has 242 valence electrons. The second kappa shape index (κ2) is 10.8. The molecule has 2 bridgehead atoms. The maximum atomic E-state index is 13.2. The molecule has 0 radical (unpaired) electrons. The Morgan fingerprint density at radius 2 is 1.58 bits per heavy atom. The number of hydrogen-bond acceptors (Lipinski definition) is 19. The van der Waals surface area contributed by atoms with Gasteiger partial charge in [0.2, 0.25) is 5.95 Å². The Bertz CT molecular complexity index is 1940. The molecule has 7 rings (SSSR count). The molecule has 7 heterocycles. The number of phosphoric acid groups is 2. The number of nitrogens with two attached hydrogens (primary N) is 2. The van der Waals surface area contributed by atoms with Crippen LogP contribution in [-0.4, -0.2) is 104 Å². The molecular formula is C20H23N10O13P2-. The van der Waals surface area contributed by atoms with Crippen LogP contribution in [0.15, 0.2) is 23.8 Å². The third-order valence-electron chi connectivity index (χ3n) is 7.31. The standard InChI is InChI=1S/C20H24N10O13P2/c21-14-8-15(24-3-23-14)29(4-25-8)18-11(32)12-7(41-18)2-39-45(36,37)43-13-10(31)6(1-38-44(34,35)42-12)40-19(13)30-5-26-9-16(30)27-20(22)28-17(9)33/h3-7,10-13,18-19,31-32H,1-2H2,(H,34,35)(H,36,37)(H2,21,23,24)(H3,22,27,28,33)/p-1/t6-,7-,10-,11-,12-,13-,18-,19-/m1/s1. The molecule has 4 aromatic rings. The Balaban J connectivity index is 1.21. The van der Waals surface area contributed by atoms with Crippen LogP contribution < -0.4 is 21.9 Å². The number of ether oxygens (including phenoxy) is 2. The molecule has 8 N–H and O–H groups in total. The fourth-order valence-corrected chi connectivity index (χ4v) is 7.17. The molecule has 0 amide bonds. The third kappa shape index (κ3) is 5.31. The summed E-state index contributed by atoms with van der Waals surface area (Å²) < 4.78 is 60.6. The van der Waals surface area contributed by atoms with E-state index in [0.717, 1.165) is 17.2 Å². The molecule has 0 spiro atoms. The van der Waals surface area contributed by atoms with Gasteiger partial charge >= 0.3 is 7.82 Å². The number of rotatable bonds is 2. The molecule has 3 saturated heterocycles. The molecular weight excluding hydrogens is 650 g/mol. The van der Waals surface area contributed by atoms with Gasteiger partial charge in [-0.05, 0) is 0 Å². The Morgan fingerprint density at radius 1 is 0.889 bits per heavy atom. The molecule has 45 heavy (non-hydrogen) atoms. The van der Waals surface area contributed by atoms with Gasteiger partial charge in [0.05, 0.1) is 25.9 Å². The van der Waals surface area contributed by atoms with Crippen LogP contribution in [0.5, 0.6) is 0 Å². The van der Waals surface area contributed by atoms with Gasteiger partial charge in [0, 0.05) is 0 Å². The lowest BCUT2D eigenvalue weighted by Gasteiger charge is -2.30. The van der Waals surface area contributed by atoms with Crippen LogP contribution in [0.4, 0.5) is 11.8 Å². The van der Waals surface area contributed by atoms with E-state index in [1.165, 1.54) is 10.9 Å². The highest BCUT2D eigenvalue weighted by molar-refractivity contribution is 7.47. The number of fused-ring (bicyclic) bond motifs is 5. The number of nitrogen functional groups attached to an aromatic ring is 2. The summed E-state index contributed by atoms with van der Waals surface area (Å²) in [6, 6.07) is 0. The number of aromatic amines is 1. The molecule has 0 saturated carbocycles. The van der Waals surface area contributed by atoms with Gasteiger partial charge < -0.3 is 50.0 Å². The first-order chi connectivity index (χ1) is 21.3. The molecule has 3 aliphatic rings. The van der Waals surface area contributed by atoms with Crippen LogP contribution in [0.2, 0.25) is 0 Å². The lowest BCUT2D eigenvalue weighted by molar-refractivity contribution is -0.236. The van der Waals surface area contributed by atoms with E-state index in [1.807, 2.05) is 0 Å². The predicted octanol–water partition coefficient (Wildman–Crippen LogP) is -2.97. The average Bonchev–Trinajstić information content (AvgIpc) is 3.72. The van der Waals surface area contributed by atoms with E-state index in [4.69, 9.17) is 39.0 Å². The topological polar surface area (TPSA) is 332 Å². The van der Waals surface area contributed by atoms with Gasteiger partial charge in [-0.15, -0.1) is 0 Å². The second-order valence-corrected chi connectivity index (χ2v) is 12.9. The number of H-pyrrole nitrogens is 1. The number of aromatic nitrogens is 8. The number of aliphatic hydroxyl groups is 2. The number of nitrogens with one attached hydrogen (secondary N) is 1. The van der Waals surface area contributed by atoms with Gasteiger partial charge in [-0.3, -0.25) is 32.5 Å².